The third kappa shape index (κ3) is 4.80. The molecule has 1 amide bonds. The van der Waals surface area contributed by atoms with Crippen LogP contribution in [-0.4, -0.2) is 38.8 Å². The fourth-order valence-corrected chi connectivity index (χ4v) is 4.43. The van der Waals surface area contributed by atoms with Gasteiger partial charge in [0.25, 0.3) is 0 Å². The zero-order valence-corrected chi connectivity index (χ0v) is 17.3. The van der Waals surface area contributed by atoms with Gasteiger partial charge in [0.1, 0.15) is 5.75 Å². The SMILES string of the molecule is CCN(CC(=O)Nc1c(C)cccc1C)S(=O)(=O)c1ccc(OC)c(Cl)c1. The van der Waals surface area contributed by atoms with Crippen molar-refractivity contribution in [2.45, 2.75) is 25.7 Å². The topological polar surface area (TPSA) is 75.7 Å². The van der Waals surface area contributed by atoms with Crippen LogP contribution in [0, 0.1) is 13.8 Å². The molecular weight excluding hydrogens is 388 g/mol. The van der Waals surface area contributed by atoms with E-state index < -0.39 is 15.9 Å². The van der Waals surface area contributed by atoms with Crippen LogP contribution in [0.1, 0.15) is 18.1 Å². The average molecular weight is 411 g/mol. The lowest BCUT2D eigenvalue weighted by molar-refractivity contribution is -0.116. The van der Waals surface area contributed by atoms with Gasteiger partial charge in [-0.25, -0.2) is 8.42 Å². The van der Waals surface area contributed by atoms with Crippen LogP contribution in [0.15, 0.2) is 41.3 Å². The summed E-state index contributed by atoms with van der Waals surface area (Å²) >= 11 is 6.04. The van der Waals surface area contributed by atoms with Crippen LogP contribution >= 0.6 is 11.6 Å². The van der Waals surface area contributed by atoms with Crippen LogP contribution in [0.25, 0.3) is 0 Å². The van der Waals surface area contributed by atoms with Gasteiger partial charge in [0, 0.05) is 12.2 Å². The first-order valence-corrected chi connectivity index (χ1v) is 10.2. The molecule has 8 heteroatoms. The summed E-state index contributed by atoms with van der Waals surface area (Å²) in [6.07, 6.45) is 0. The Morgan fingerprint density at radius 3 is 2.33 bits per heavy atom. The second-order valence-corrected chi connectivity index (χ2v) is 8.39. The van der Waals surface area contributed by atoms with Crippen LogP contribution in [0.4, 0.5) is 5.69 Å². The van der Waals surface area contributed by atoms with Gasteiger partial charge in [0.05, 0.1) is 23.6 Å². The van der Waals surface area contributed by atoms with Gasteiger partial charge in [0.2, 0.25) is 15.9 Å². The molecule has 0 aromatic heterocycles. The number of methoxy groups -OCH3 is 1. The number of halogens is 1. The predicted molar refractivity (Wildman–Crippen MR) is 107 cm³/mol. The Morgan fingerprint density at radius 1 is 1.19 bits per heavy atom. The largest absolute Gasteiger partial charge is 0.495 e. The summed E-state index contributed by atoms with van der Waals surface area (Å²) in [5.41, 5.74) is 2.52. The lowest BCUT2D eigenvalue weighted by Crippen LogP contribution is -2.38. The molecule has 0 spiro atoms. The number of para-hydroxylation sites is 1. The zero-order valence-electron chi connectivity index (χ0n) is 15.7. The summed E-state index contributed by atoms with van der Waals surface area (Å²) < 4.78 is 31.9. The van der Waals surface area contributed by atoms with Gasteiger partial charge in [0.15, 0.2) is 0 Å². The number of amides is 1. The molecule has 6 nitrogen and oxygen atoms in total. The Balaban J connectivity index is 2.22. The van der Waals surface area contributed by atoms with Gasteiger partial charge in [-0.2, -0.15) is 4.31 Å². The summed E-state index contributed by atoms with van der Waals surface area (Å²) in [7, 11) is -2.42. The highest BCUT2D eigenvalue weighted by Gasteiger charge is 2.26. The Bertz CT molecular complexity index is 924. The van der Waals surface area contributed by atoms with Crippen molar-refractivity contribution in [2.24, 2.45) is 0 Å². The van der Waals surface area contributed by atoms with Gasteiger partial charge in [-0.3, -0.25) is 4.79 Å². The number of anilines is 1. The van der Waals surface area contributed by atoms with E-state index in [2.05, 4.69) is 5.32 Å². The van der Waals surface area contributed by atoms with E-state index in [4.69, 9.17) is 16.3 Å². The van der Waals surface area contributed by atoms with E-state index in [9.17, 15) is 13.2 Å². The summed E-state index contributed by atoms with van der Waals surface area (Å²) in [5, 5.41) is 2.99. The second kappa shape index (κ2) is 8.73. The maximum atomic E-state index is 12.9. The van der Waals surface area contributed by atoms with Crippen LogP contribution < -0.4 is 10.1 Å². The fraction of sp³-hybridized carbons (Fsp3) is 0.316. The lowest BCUT2D eigenvalue weighted by atomic mass is 10.1. The monoisotopic (exact) mass is 410 g/mol. The van der Waals surface area contributed by atoms with Crippen molar-refractivity contribution in [3.8, 4) is 5.75 Å². The van der Waals surface area contributed by atoms with Crippen molar-refractivity contribution in [1.82, 2.24) is 4.31 Å². The quantitative estimate of drug-likeness (QED) is 0.756. The molecule has 0 aliphatic heterocycles. The van der Waals surface area contributed by atoms with Crippen LogP contribution in [0.2, 0.25) is 5.02 Å². The number of nitrogens with one attached hydrogen (secondary N) is 1. The Labute approximate surface area is 165 Å². The molecule has 0 heterocycles. The van der Waals surface area contributed by atoms with Crippen molar-refractivity contribution in [1.29, 1.82) is 0 Å². The van der Waals surface area contributed by atoms with E-state index in [-0.39, 0.29) is 23.0 Å². The highest BCUT2D eigenvalue weighted by atomic mass is 35.5. The molecule has 0 aliphatic rings. The first-order chi connectivity index (χ1) is 12.7. The number of likely N-dealkylation sites (N-methyl/N-ethyl adjacent to an activating group) is 1. The normalized spacial score (nSPS) is 11.5. The summed E-state index contributed by atoms with van der Waals surface area (Å²) in [5.74, 6) is -0.0242. The number of carbonyl (C=O) groups excluding carboxylic acids is 1. The molecule has 0 fully saturated rings. The lowest BCUT2D eigenvalue weighted by Gasteiger charge is -2.21. The summed E-state index contributed by atoms with van der Waals surface area (Å²) in [6.45, 7) is 5.30. The minimum absolute atomic E-state index is 0.00928. The van der Waals surface area contributed by atoms with Crippen LogP contribution in [-0.2, 0) is 14.8 Å². The molecule has 0 saturated carbocycles. The van der Waals surface area contributed by atoms with Crippen LogP contribution in [0.3, 0.4) is 0 Å². The first-order valence-electron chi connectivity index (χ1n) is 8.40. The number of aryl methyl sites for hydroxylation is 2. The van der Waals surface area contributed by atoms with Crippen molar-refractivity contribution >= 4 is 33.2 Å². The Morgan fingerprint density at radius 2 is 1.81 bits per heavy atom. The molecule has 1 N–H and O–H groups in total. The van der Waals surface area contributed by atoms with E-state index in [0.717, 1.165) is 15.4 Å². The highest BCUT2D eigenvalue weighted by Crippen LogP contribution is 2.28. The standard InChI is InChI=1S/C19H23ClN2O4S/c1-5-22(12-18(23)21-19-13(2)7-6-8-14(19)3)27(24,25)15-9-10-17(26-4)16(20)11-15/h6-11H,5,12H2,1-4H3,(H,21,23). The number of carbonyl (C=O) groups is 1. The van der Waals surface area contributed by atoms with Gasteiger partial charge in [-0.1, -0.05) is 36.7 Å². The van der Waals surface area contributed by atoms with Gasteiger partial charge in [-0.05, 0) is 43.2 Å². The van der Waals surface area contributed by atoms with Gasteiger partial charge >= 0.3 is 0 Å². The van der Waals surface area contributed by atoms with E-state index in [1.54, 1.807) is 6.92 Å². The molecule has 146 valence electrons. The van der Waals surface area contributed by atoms with Crippen molar-refractivity contribution in [2.75, 3.05) is 25.5 Å². The molecule has 0 unspecified atom stereocenters. The van der Waals surface area contributed by atoms with E-state index >= 15 is 0 Å². The molecule has 0 aliphatic carbocycles. The van der Waals surface area contributed by atoms with Gasteiger partial charge < -0.3 is 10.1 Å². The molecular formula is C19H23ClN2O4S. The molecule has 27 heavy (non-hydrogen) atoms. The van der Waals surface area contributed by atoms with Crippen molar-refractivity contribution in [3.63, 3.8) is 0 Å². The summed E-state index contributed by atoms with van der Waals surface area (Å²) in [4.78, 5) is 12.5. The number of sulfonamides is 1. The van der Waals surface area contributed by atoms with Gasteiger partial charge in [-0.15, -0.1) is 0 Å². The number of nitrogens with zero attached hydrogens (tertiary/aromatic N) is 1. The number of hydrogen-bond acceptors (Lipinski definition) is 4. The number of benzene rings is 2. The third-order valence-electron chi connectivity index (χ3n) is 4.18. The Hall–Kier alpha value is -2.09. The fourth-order valence-electron chi connectivity index (χ4n) is 2.67. The first kappa shape index (κ1) is 21.2. The molecule has 0 bridgehead atoms. The van der Waals surface area contributed by atoms with E-state index in [1.807, 2.05) is 32.0 Å². The smallest absolute Gasteiger partial charge is 0.243 e. The predicted octanol–water partition coefficient (Wildman–Crippen LogP) is 3.61. The number of ether oxygens (including phenoxy) is 1. The highest BCUT2D eigenvalue weighted by molar-refractivity contribution is 7.89. The Kier molecular flexibility index (Phi) is 6.86. The van der Waals surface area contributed by atoms with Crippen molar-refractivity contribution < 1.29 is 17.9 Å². The summed E-state index contributed by atoms with van der Waals surface area (Å²) in [6, 6.07) is 9.89. The second-order valence-electron chi connectivity index (χ2n) is 6.04. The molecule has 2 aromatic carbocycles. The molecule has 0 saturated heterocycles. The van der Waals surface area contributed by atoms with Crippen LogP contribution in [0.5, 0.6) is 5.75 Å². The van der Waals surface area contributed by atoms with E-state index in [1.165, 1.54) is 25.3 Å². The maximum Gasteiger partial charge on any atom is 0.243 e. The average Bonchev–Trinajstić information content (AvgIpc) is 2.62. The molecule has 2 aromatic rings. The molecule has 2 rings (SSSR count). The number of hydrogen-bond donors (Lipinski definition) is 1. The molecule has 0 radical (unpaired) electrons. The zero-order chi connectivity index (χ0) is 20.2. The minimum atomic E-state index is -3.87. The minimum Gasteiger partial charge on any atom is -0.495 e. The number of rotatable bonds is 7. The third-order valence-corrected chi connectivity index (χ3v) is 6.39. The molecule has 0 atom stereocenters. The van der Waals surface area contributed by atoms with Crippen molar-refractivity contribution in [3.05, 3.63) is 52.5 Å². The van der Waals surface area contributed by atoms with E-state index in [0.29, 0.717) is 11.4 Å². The maximum absolute atomic E-state index is 12.9.